The van der Waals surface area contributed by atoms with Crippen molar-refractivity contribution in [3.05, 3.63) is 35.8 Å². The molecule has 0 aliphatic carbocycles. The summed E-state index contributed by atoms with van der Waals surface area (Å²) >= 11 is 0. The number of para-hydroxylation sites is 1. The molecule has 0 bridgehead atoms. The van der Waals surface area contributed by atoms with E-state index in [1.54, 1.807) is 7.11 Å². The van der Waals surface area contributed by atoms with Gasteiger partial charge in [-0.3, -0.25) is 0 Å². The summed E-state index contributed by atoms with van der Waals surface area (Å²) in [5.74, 6) is 1.74. The first kappa shape index (κ1) is 13.6. The van der Waals surface area contributed by atoms with Crippen LogP contribution in [0.2, 0.25) is 0 Å². The maximum absolute atomic E-state index is 5.81. The molecule has 1 heterocycles. The second-order valence-electron chi connectivity index (χ2n) is 5.35. The predicted molar refractivity (Wildman–Crippen MR) is 77.4 cm³/mol. The van der Waals surface area contributed by atoms with Crippen molar-refractivity contribution >= 4 is 0 Å². The minimum Gasteiger partial charge on any atom is -0.496 e. The lowest BCUT2D eigenvalue weighted by Crippen LogP contribution is -2.29. The van der Waals surface area contributed by atoms with Crippen LogP contribution in [0.5, 0.6) is 5.75 Å². The molecule has 0 aliphatic heterocycles. The number of imidazole rings is 1. The van der Waals surface area contributed by atoms with E-state index in [9.17, 15) is 0 Å². The number of nitrogens with zero attached hydrogens (tertiary/aromatic N) is 1. The maximum Gasteiger partial charge on any atom is 0.128 e. The van der Waals surface area contributed by atoms with Crippen LogP contribution in [0.3, 0.4) is 0 Å². The smallest absolute Gasteiger partial charge is 0.128 e. The van der Waals surface area contributed by atoms with Crippen LogP contribution in [0.25, 0.3) is 11.3 Å². The molecule has 0 radical (unpaired) electrons. The van der Waals surface area contributed by atoms with Gasteiger partial charge in [0.05, 0.1) is 12.8 Å². The molecule has 0 saturated heterocycles. The van der Waals surface area contributed by atoms with Crippen molar-refractivity contribution in [2.45, 2.75) is 26.2 Å². The van der Waals surface area contributed by atoms with E-state index in [-0.39, 0.29) is 5.41 Å². The van der Waals surface area contributed by atoms with Crippen molar-refractivity contribution in [2.75, 3.05) is 13.7 Å². The number of aryl methyl sites for hydroxylation is 1. The van der Waals surface area contributed by atoms with E-state index in [1.165, 1.54) is 0 Å². The third-order valence-electron chi connectivity index (χ3n) is 3.40. The van der Waals surface area contributed by atoms with Crippen LogP contribution in [0, 0.1) is 6.92 Å². The van der Waals surface area contributed by atoms with Crippen LogP contribution in [0.4, 0.5) is 0 Å². The first-order chi connectivity index (χ1) is 8.99. The Labute approximate surface area is 114 Å². The maximum atomic E-state index is 5.81. The SMILES string of the molecule is COc1ccccc1-c1nc(C(C)(C)CN)[nH]c1C. The van der Waals surface area contributed by atoms with Crippen molar-refractivity contribution in [1.82, 2.24) is 9.97 Å². The molecule has 19 heavy (non-hydrogen) atoms. The van der Waals surface area contributed by atoms with E-state index in [0.717, 1.165) is 28.5 Å². The van der Waals surface area contributed by atoms with Gasteiger partial charge in [-0.15, -0.1) is 0 Å². The molecule has 0 saturated carbocycles. The van der Waals surface area contributed by atoms with Gasteiger partial charge in [-0.05, 0) is 19.1 Å². The molecule has 3 N–H and O–H groups in total. The van der Waals surface area contributed by atoms with Crippen molar-refractivity contribution in [3.8, 4) is 17.0 Å². The van der Waals surface area contributed by atoms with Crippen LogP contribution >= 0.6 is 0 Å². The highest BCUT2D eigenvalue weighted by atomic mass is 16.5. The van der Waals surface area contributed by atoms with Gasteiger partial charge < -0.3 is 15.5 Å². The van der Waals surface area contributed by atoms with Crippen LogP contribution in [-0.4, -0.2) is 23.6 Å². The Morgan fingerprint density at radius 2 is 2.00 bits per heavy atom. The Hall–Kier alpha value is -1.81. The minimum atomic E-state index is -0.162. The summed E-state index contributed by atoms with van der Waals surface area (Å²) in [4.78, 5) is 8.05. The van der Waals surface area contributed by atoms with Gasteiger partial charge in [0.15, 0.2) is 0 Å². The number of hydrogen-bond donors (Lipinski definition) is 2. The monoisotopic (exact) mass is 259 g/mol. The van der Waals surface area contributed by atoms with E-state index in [0.29, 0.717) is 6.54 Å². The third kappa shape index (κ3) is 2.49. The van der Waals surface area contributed by atoms with Gasteiger partial charge in [0.2, 0.25) is 0 Å². The lowest BCUT2D eigenvalue weighted by atomic mass is 9.93. The second-order valence-corrected chi connectivity index (χ2v) is 5.35. The number of ether oxygens (including phenoxy) is 1. The highest BCUT2D eigenvalue weighted by Gasteiger charge is 2.24. The van der Waals surface area contributed by atoms with Crippen LogP contribution in [-0.2, 0) is 5.41 Å². The average Bonchev–Trinajstić information content (AvgIpc) is 2.81. The van der Waals surface area contributed by atoms with Crippen LogP contribution < -0.4 is 10.5 Å². The van der Waals surface area contributed by atoms with E-state index in [1.807, 2.05) is 31.2 Å². The molecule has 0 atom stereocenters. The molecular formula is C15H21N3O. The largest absolute Gasteiger partial charge is 0.496 e. The van der Waals surface area contributed by atoms with Gasteiger partial charge in [0.1, 0.15) is 11.6 Å². The summed E-state index contributed by atoms with van der Waals surface area (Å²) in [6.45, 7) is 6.73. The van der Waals surface area contributed by atoms with E-state index in [4.69, 9.17) is 15.5 Å². The summed E-state index contributed by atoms with van der Waals surface area (Å²) in [6.07, 6.45) is 0. The average molecular weight is 259 g/mol. The number of H-pyrrole nitrogens is 1. The number of methoxy groups -OCH3 is 1. The van der Waals surface area contributed by atoms with E-state index < -0.39 is 0 Å². The van der Waals surface area contributed by atoms with Gasteiger partial charge in [-0.25, -0.2) is 4.98 Å². The Bertz CT molecular complexity index is 573. The zero-order valence-electron chi connectivity index (χ0n) is 11.9. The molecule has 0 amide bonds. The standard InChI is InChI=1S/C15H21N3O/c1-10-13(11-7-5-6-8-12(11)19-4)18-14(17-10)15(2,3)9-16/h5-8H,9,16H2,1-4H3,(H,17,18). The summed E-state index contributed by atoms with van der Waals surface area (Å²) in [5.41, 5.74) is 8.60. The Kier molecular flexibility index (Phi) is 3.62. The molecule has 4 heteroatoms. The Balaban J connectivity index is 2.52. The number of hydrogen-bond acceptors (Lipinski definition) is 3. The third-order valence-corrected chi connectivity index (χ3v) is 3.40. The summed E-state index contributed by atoms with van der Waals surface area (Å²) in [5, 5.41) is 0. The molecule has 4 nitrogen and oxygen atoms in total. The lowest BCUT2D eigenvalue weighted by molar-refractivity contribution is 0.416. The molecule has 0 fully saturated rings. The zero-order chi connectivity index (χ0) is 14.0. The Morgan fingerprint density at radius 1 is 1.32 bits per heavy atom. The number of nitrogens with one attached hydrogen (secondary N) is 1. The predicted octanol–water partition coefficient (Wildman–Crippen LogP) is 2.63. The van der Waals surface area contributed by atoms with Gasteiger partial charge in [-0.1, -0.05) is 26.0 Å². The fourth-order valence-corrected chi connectivity index (χ4v) is 1.98. The highest BCUT2D eigenvalue weighted by molar-refractivity contribution is 5.69. The summed E-state index contributed by atoms with van der Waals surface area (Å²) < 4.78 is 5.40. The molecule has 1 aromatic carbocycles. The van der Waals surface area contributed by atoms with Crippen LogP contribution in [0.15, 0.2) is 24.3 Å². The summed E-state index contributed by atoms with van der Waals surface area (Å²) in [7, 11) is 1.67. The first-order valence-electron chi connectivity index (χ1n) is 6.40. The molecular weight excluding hydrogens is 238 g/mol. The number of nitrogens with two attached hydrogens (primary N) is 1. The minimum absolute atomic E-state index is 0.162. The van der Waals surface area contributed by atoms with Crippen molar-refractivity contribution in [2.24, 2.45) is 5.73 Å². The Morgan fingerprint density at radius 3 is 2.63 bits per heavy atom. The van der Waals surface area contributed by atoms with Crippen molar-refractivity contribution in [3.63, 3.8) is 0 Å². The van der Waals surface area contributed by atoms with E-state index in [2.05, 4.69) is 18.8 Å². The normalized spacial score (nSPS) is 11.6. The molecule has 0 aliphatic rings. The molecule has 0 unspecified atom stereocenters. The molecule has 2 aromatic rings. The van der Waals surface area contributed by atoms with Crippen molar-refractivity contribution < 1.29 is 4.74 Å². The molecule has 0 spiro atoms. The summed E-state index contributed by atoms with van der Waals surface area (Å²) in [6, 6.07) is 7.90. The van der Waals surface area contributed by atoms with Gasteiger partial charge in [0, 0.05) is 23.2 Å². The fourth-order valence-electron chi connectivity index (χ4n) is 1.98. The van der Waals surface area contributed by atoms with Crippen molar-refractivity contribution in [1.29, 1.82) is 0 Å². The number of rotatable bonds is 4. The van der Waals surface area contributed by atoms with Crippen LogP contribution in [0.1, 0.15) is 25.4 Å². The fraction of sp³-hybridized carbons (Fsp3) is 0.400. The molecule has 102 valence electrons. The van der Waals surface area contributed by atoms with E-state index >= 15 is 0 Å². The quantitative estimate of drug-likeness (QED) is 0.887. The number of aromatic nitrogens is 2. The first-order valence-corrected chi connectivity index (χ1v) is 6.40. The zero-order valence-corrected chi connectivity index (χ0v) is 11.9. The second kappa shape index (κ2) is 5.05. The number of benzene rings is 1. The molecule has 2 rings (SSSR count). The lowest BCUT2D eigenvalue weighted by Gasteiger charge is -2.18. The van der Waals surface area contributed by atoms with Gasteiger partial charge in [-0.2, -0.15) is 0 Å². The highest BCUT2D eigenvalue weighted by Crippen LogP contribution is 2.32. The number of aromatic amines is 1. The topological polar surface area (TPSA) is 63.9 Å². The van der Waals surface area contributed by atoms with Gasteiger partial charge >= 0.3 is 0 Å². The van der Waals surface area contributed by atoms with Gasteiger partial charge in [0.25, 0.3) is 0 Å². The molecule has 1 aromatic heterocycles.